The molecule has 2 N–H and O–H groups in total. The SMILES string of the molecule is Cc1cc(N2CCN(CCN)CC2)cc(C)n1. The van der Waals surface area contributed by atoms with Gasteiger partial charge in [0.2, 0.25) is 0 Å². The zero-order valence-electron chi connectivity index (χ0n) is 10.8. The molecular weight excluding hydrogens is 212 g/mol. The Morgan fingerprint density at radius 2 is 1.71 bits per heavy atom. The topological polar surface area (TPSA) is 45.4 Å². The number of aryl methyl sites for hydroxylation is 2. The highest BCUT2D eigenvalue weighted by Gasteiger charge is 2.16. The molecule has 1 fully saturated rings. The van der Waals surface area contributed by atoms with Gasteiger partial charge in [-0.3, -0.25) is 9.88 Å². The minimum Gasteiger partial charge on any atom is -0.369 e. The van der Waals surface area contributed by atoms with Crippen molar-refractivity contribution in [2.75, 3.05) is 44.2 Å². The summed E-state index contributed by atoms with van der Waals surface area (Å²) in [6.07, 6.45) is 0. The number of aromatic nitrogens is 1. The number of hydrogen-bond donors (Lipinski definition) is 1. The molecule has 1 aromatic heterocycles. The molecule has 17 heavy (non-hydrogen) atoms. The highest BCUT2D eigenvalue weighted by atomic mass is 15.3. The minimum absolute atomic E-state index is 0.757. The van der Waals surface area contributed by atoms with E-state index < -0.39 is 0 Å². The van der Waals surface area contributed by atoms with Crippen LogP contribution >= 0.6 is 0 Å². The van der Waals surface area contributed by atoms with E-state index >= 15 is 0 Å². The molecule has 0 unspecified atom stereocenters. The number of nitrogens with zero attached hydrogens (tertiary/aromatic N) is 3. The van der Waals surface area contributed by atoms with E-state index in [1.165, 1.54) is 5.69 Å². The molecule has 0 saturated carbocycles. The van der Waals surface area contributed by atoms with Crippen LogP contribution in [0.3, 0.4) is 0 Å². The molecule has 4 heteroatoms. The van der Waals surface area contributed by atoms with Crippen molar-refractivity contribution >= 4 is 5.69 Å². The highest BCUT2D eigenvalue weighted by Crippen LogP contribution is 2.18. The number of anilines is 1. The fourth-order valence-corrected chi connectivity index (χ4v) is 2.41. The van der Waals surface area contributed by atoms with Gasteiger partial charge in [0.1, 0.15) is 0 Å². The number of rotatable bonds is 3. The second-order valence-electron chi connectivity index (χ2n) is 4.73. The van der Waals surface area contributed by atoms with Crippen molar-refractivity contribution in [3.8, 4) is 0 Å². The van der Waals surface area contributed by atoms with Crippen molar-refractivity contribution in [1.29, 1.82) is 0 Å². The lowest BCUT2D eigenvalue weighted by molar-refractivity contribution is 0.265. The molecule has 0 bridgehead atoms. The molecule has 94 valence electrons. The summed E-state index contributed by atoms with van der Waals surface area (Å²) in [4.78, 5) is 9.29. The number of pyridine rings is 1. The van der Waals surface area contributed by atoms with Crippen LogP contribution in [0, 0.1) is 13.8 Å². The molecule has 2 rings (SSSR count). The summed E-state index contributed by atoms with van der Waals surface area (Å²) in [5.74, 6) is 0. The third-order valence-electron chi connectivity index (χ3n) is 3.25. The van der Waals surface area contributed by atoms with E-state index in [-0.39, 0.29) is 0 Å². The van der Waals surface area contributed by atoms with Crippen LogP contribution < -0.4 is 10.6 Å². The Hall–Kier alpha value is -1.13. The Morgan fingerprint density at radius 1 is 1.12 bits per heavy atom. The second kappa shape index (κ2) is 5.47. The maximum Gasteiger partial charge on any atom is 0.0403 e. The van der Waals surface area contributed by atoms with Crippen LogP contribution in [-0.4, -0.2) is 49.2 Å². The monoisotopic (exact) mass is 234 g/mol. The van der Waals surface area contributed by atoms with Crippen molar-refractivity contribution in [2.45, 2.75) is 13.8 Å². The Morgan fingerprint density at radius 3 is 2.24 bits per heavy atom. The molecule has 0 spiro atoms. The van der Waals surface area contributed by atoms with Crippen LogP contribution in [0.4, 0.5) is 5.69 Å². The van der Waals surface area contributed by atoms with Gasteiger partial charge in [0.05, 0.1) is 0 Å². The molecule has 1 aliphatic heterocycles. The fourth-order valence-electron chi connectivity index (χ4n) is 2.41. The Labute approximate surface area is 103 Å². The predicted molar refractivity (Wildman–Crippen MR) is 71.4 cm³/mol. The molecule has 1 aromatic rings. The Bertz CT molecular complexity index is 349. The standard InChI is InChI=1S/C13H22N4/c1-11-9-13(10-12(2)15-11)17-7-5-16(4-3-14)6-8-17/h9-10H,3-8,14H2,1-2H3. The highest BCUT2D eigenvalue weighted by molar-refractivity contribution is 5.48. The van der Waals surface area contributed by atoms with Crippen molar-refractivity contribution in [1.82, 2.24) is 9.88 Å². The lowest BCUT2D eigenvalue weighted by Gasteiger charge is -2.36. The summed E-state index contributed by atoms with van der Waals surface area (Å²) in [7, 11) is 0. The van der Waals surface area contributed by atoms with Gasteiger partial charge < -0.3 is 10.6 Å². The van der Waals surface area contributed by atoms with E-state index in [1.54, 1.807) is 0 Å². The van der Waals surface area contributed by atoms with Crippen LogP contribution in [0.25, 0.3) is 0 Å². The molecule has 0 atom stereocenters. The summed E-state index contributed by atoms with van der Waals surface area (Å²) in [5.41, 5.74) is 9.09. The minimum atomic E-state index is 0.757. The Kier molecular flexibility index (Phi) is 3.97. The van der Waals surface area contributed by atoms with Gasteiger partial charge in [0, 0.05) is 56.3 Å². The number of piperazine rings is 1. The first-order valence-electron chi connectivity index (χ1n) is 6.31. The van der Waals surface area contributed by atoms with Crippen molar-refractivity contribution in [3.05, 3.63) is 23.5 Å². The smallest absolute Gasteiger partial charge is 0.0403 e. The third-order valence-corrected chi connectivity index (χ3v) is 3.25. The largest absolute Gasteiger partial charge is 0.369 e. The van der Waals surface area contributed by atoms with E-state index in [0.29, 0.717) is 0 Å². The summed E-state index contributed by atoms with van der Waals surface area (Å²) in [5, 5.41) is 0. The van der Waals surface area contributed by atoms with Crippen LogP contribution in [0.15, 0.2) is 12.1 Å². The van der Waals surface area contributed by atoms with Gasteiger partial charge >= 0.3 is 0 Å². The van der Waals surface area contributed by atoms with E-state index in [9.17, 15) is 0 Å². The Balaban J connectivity index is 2.00. The third kappa shape index (κ3) is 3.17. The van der Waals surface area contributed by atoms with Crippen molar-refractivity contribution < 1.29 is 0 Å². The molecule has 0 amide bonds. The fraction of sp³-hybridized carbons (Fsp3) is 0.615. The molecule has 1 saturated heterocycles. The van der Waals surface area contributed by atoms with Gasteiger partial charge in [0.25, 0.3) is 0 Å². The average Bonchev–Trinajstić information content (AvgIpc) is 2.29. The maximum absolute atomic E-state index is 5.58. The zero-order valence-corrected chi connectivity index (χ0v) is 10.8. The normalized spacial score (nSPS) is 17.5. The lowest BCUT2D eigenvalue weighted by Crippen LogP contribution is -2.47. The summed E-state index contributed by atoms with van der Waals surface area (Å²) >= 11 is 0. The molecule has 0 aromatic carbocycles. The predicted octanol–water partition coefficient (Wildman–Crippen LogP) is 0.779. The maximum atomic E-state index is 5.58. The quantitative estimate of drug-likeness (QED) is 0.839. The van der Waals surface area contributed by atoms with Gasteiger partial charge in [-0.2, -0.15) is 0 Å². The van der Waals surface area contributed by atoms with Crippen molar-refractivity contribution in [2.24, 2.45) is 5.73 Å². The molecule has 4 nitrogen and oxygen atoms in total. The molecule has 2 heterocycles. The summed E-state index contributed by atoms with van der Waals surface area (Å²) < 4.78 is 0. The first kappa shape index (κ1) is 12.3. The summed E-state index contributed by atoms with van der Waals surface area (Å²) in [6.45, 7) is 10.3. The van der Waals surface area contributed by atoms with E-state index in [4.69, 9.17) is 5.73 Å². The number of hydrogen-bond acceptors (Lipinski definition) is 4. The van der Waals surface area contributed by atoms with Gasteiger partial charge in [-0.05, 0) is 26.0 Å². The van der Waals surface area contributed by atoms with Crippen LogP contribution in [0.1, 0.15) is 11.4 Å². The molecular formula is C13H22N4. The summed E-state index contributed by atoms with van der Waals surface area (Å²) in [6, 6.07) is 4.34. The van der Waals surface area contributed by atoms with E-state index in [2.05, 4.69) is 40.8 Å². The van der Waals surface area contributed by atoms with Gasteiger partial charge in [-0.25, -0.2) is 0 Å². The van der Waals surface area contributed by atoms with Crippen LogP contribution in [0.2, 0.25) is 0 Å². The van der Waals surface area contributed by atoms with E-state index in [1.807, 2.05) is 0 Å². The van der Waals surface area contributed by atoms with Gasteiger partial charge in [-0.1, -0.05) is 0 Å². The lowest BCUT2D eigenvalue weighted by atomic mass is 10.2. The zero-order chi connectivity index (χ0) is 12.3. The second-order valence-corrected chi connectivity index (χ2v) is 4.73. The van der Waals surface area contributed by atoms with Gasteiger partial charge in [0.15, 0.2) is 0 Å². The van der Waals surface area contributed by atoms with Crippen LogP contribution in [0.5, 0.6) is 0 Å². The molecule has 0 aliphatic carbocycles. The first-order valence-corrected chi connectivity index (χ1v) is 6.31. The average molecular weight is 234 g/mol. The first-order chi connectivity index (χ1) is 8.19. The van der Waals surface area contributed by atoms with Crippen molar-refractivity contribution in [3.63, 3.8) is 0 Å². The number of nitrogens with two attached hydrogens (primary N) is 1. The molecule has 1 aliphatic rings. The van der Waals surface area contributed by atoms with E-state index in [0.717, 1.165) is 50.7 Å². The van der Waals surface area contributed by atoms with Gasteiger partial charge in [-0.15, -0.1) is 0 Å². The molecule has 0 radical (unpaired) electrons. The van der Waals surface area contributed by atoms with Crippen LogP contribution in [-0.2, 0) is 0 Å².